The molecule has 3 atom stereocenters. The molecule has 0 radical (unpaired) electrons. The van der Waals surface area contributed by atoms with Crippen LogP contribution in [0, 0.1) is 16.7 Å². The number of carbonyl (C=O) groups excluding carboxylic acids is 1. The molecule has 26 heavy (non-hydrogen) atoms. The second kappa shape index (κ2) is 6.15. The van der Waals surface area contributed by atoms with Crippen molar-refractivity contribution in [3.05, 3.63) is 18.4 Å². The SMILES string of the molecule is Cn1c(SCC(=O)N[C@@H]2C[C@@H]3CC[C@@]2(C)C3(C)C)nnc1-c1ccco1. The molecule has 2 aromatic heterocycles. The molecule has 2 saturated carbocycles. The fraction of sp³-hybridized carbons (Fsp3) is 0.632. The molecule has 2 aliphatic carbocycles. The summed E-state index contributed by atoms with van der Waals surface area (Å²) in [4.78, 5) is 12.5. The van der Waals surface area contributed by atoms with Gasteiger partial charge in [0, 0.05) is 13.1 Å². The third-order valence-electron chi connectivity index (χ3n) is 7.04. The Morgan fingerprint density at radius 2 is 2.23 bits per heavy atom. The van der Waals surface area contributed by atoms with Crippen LogP contribution in [0.3, 0.4) is 0 Å². The maximum absolute atomic E-state index is 12.5. The minimum Gasteiger partial charge on any atom is -0.461 e. The maximum Gasteiger partial charge on any atom is 0.230 e. The lowest BCUT2D eigenvalue weighted by Crippen LogP contribution is -2.47. The fourth-order valence-corrected chi connectivity index (χ4v) is 5.57. The zero-order valence-corrected chi connectivity index (χ0v) is 16.6. The number of hydrogen-bond acceptors (Lipinski definition) is 5. The molecule has 1 N–H and O–H groups in total. The quantitative estimate of drug-likeness (QED) is 0.811. The average Bonchev–Trinajstić information content (AvgIpc) is 3.31. The van der Waals surface area contributed by atoms with Gasteiger partial charge in [-0.05, 0) is 48.1 Å². The predicted molar refractivity (Wildman–Crippen MR) is 101 cm³/mol. The van der Waals surface area contributed by atoms with Crippen LogP contribution in [-0.4, -0.2) is 32.5 Å². The van der Waals surface area contributed by atoms with E-state index in [9.17, 15) is 4.79 Å². The molecule has 0 aliphatic heterocycles. The summed E-state index contributed by atoms with van der Waals surface area (Å²) in [6, 6.07) is 3.95. The van der Waals surface area contributed by atoms with E-state index in [0.717, 1.165) is 12.3 Å². The zero-order valence-electron chi connectivity index (χ0n) is 15.8. The van der Waals surface area contributed by atoms with E-state index in [0.29, 0.717) is 27.9 Å². The highest BCUT2D eigenvalue weighted by molar-refractivity contribution is 7.99. The minimum atomic E-state index is 0.0760. The van der Waals surface area contributed by atoms with E-state index < -0.39 is 0 Å². The Balaban J connectivity index is 1.37. The number of aromatic nitrogens is 3. The van der Waals surface area contributed by atoms with Gasteiger partial charge >= 0.3 is 0 Å². The van der Waals surface area contributed by atoms with Gasteiger partial charge in [-0.2, -0.15) is 0 Å². The van der Waals surface area contributed by atoms with Gasteiger partial charge in [0.25, 0.3) is 0 Å². The Morgan fingerprint density at radius 1 is 1.42 bits per heavy atom. The number of furan rings is 1. The highest BCUT2D eigenvalue weighted by atomic mass is 32.2. The summed E-state index contributed by atoms with van der Waals surface area (Å²) in [7, 11) is 1.89. The van der Waals surface area contributed by atoms with E-state index >= 15 is 0 Å². The molecular weight excluding hydrogens is 348 g/mol. The van der Waals surface area contributed by atoms with Crippen molar-refractivity contribution in [3.8, 4) is 11.6 Å². The number of amides is 1. The molecule has 4 rings (SSSR count). The highest BCUT2D eigenvalue weighted by Crippen LogP contribution is 2.65. The van der Waals surface area contributed by atoms with Crippen molar-refractivity contribution < 1.29 is 9.21 Å². The van der Waals surface area contributed by atoms with Crippen molar-refractivity contribution in [2.24, 2.45) is 23.8 Å². The van der Waals surface area contributed by atoms with Crippen molar-refractivity contribution in [1.82, 2.24) is 20.1 Å². The maximum atomic E-state index is 12.5. The van der Waals surface area contributed by atoms with Gasteiger partial charge in [-0.1, -0.05) is 32.5 Å². The second-order valence-electron chi connectivity index (χ2n) is 8.36. The van der Waals surface area contributed by atoms with Crippen molar-refractivity contribution in [2.75, 3.05) is 5.75 Å². The Kier molecular flexibility index (Phi) is 4.17. The lowest BCUT2D eigenvalue weighted by Gasteiger charge is -2.39. The van der Waals surface area contributed by atoms with Crippen LogP contribution in [0.1, 0.15) is 40.0 Å². The normalized spacial score (nSPS) is 29.2. The number of nitrogens with one attached hydrogen (secondary N) is 1. The third kappa shape index (κ3) is 2.59. The van der Waals surface area contributed by atoms with E-state index in [2.05, 4.69) is 36.3 Å². The molecule has 2 bridgehead atoms. The van der Waals surface area contributed by atoms with Crippen LogP contribution in [-0.2, 0) is 11.8 Å². The van der Waals surface area contributed by atoms with E-state index in [1.165, 1.54) is 24.6 Å². The number of rotatable bonds is 5. The van der Waals surface area contributed by atoms with Gasteiger partial charge in [0.15, 0.2) is 16.7 Å². The molecule has 6 nitrogen and oxygen atoms in total. The Hall–Kier alpha value is -1.76. The molecule has 2 aliphatic rings. The molecule has 140 valence electrons. The van der Waals surface area contributed by atoms with E-state index in [4.69, 9.17) is 4.42 Å². The summed E-state index contributed by atoms with van der Waals surface area (Å²) in [6.07, 6.45) is 5.21. The van der Waals surface area contributed by atoms with Crippen LogP contribution in [0.25, 0.3) is 11.6 Å². The lowest BCUT2D eigenvalue weighted by atomic mass is 9.69. The van der Waals surface area contributed by atoms with E-state index in [-0.39, 0.29) is 17.4 Å². The summed E-state index contributed by atoms with van der Waals surface area (Å²) < 4.78 is 7.23. The number of thioether (sulfide) groups is 1. The molecule has 0 unspecified atom stereocenters. The summed E-state index contributed by atoms with van der Waals surface area (Å²) in [5.74, 6) is 2.49. The molecule has 0 spiro atoms. The molecular formula is C19H26N4O2S. The van der Waals surface area contributed by atoms with Crippen LogP contribution < -0.4 is 5.32 Å². The first kappa shape index (κ1) is 17.6. The molecule has 2 heterocycles. The first-order valence-corrected chi connectivity index (χ1v) is 10.2. The first-order chi connectivity index (χ1) is 12.3. The number of nitrogens with zero attached hydrogens (tertiary/aromatic N) is 3. The van der Waals surface area contributed by atoms with Gasteiger partial charge in [-0.25, -0.2) is 0 Å². The number of fused-ring (bicyclic) bond motifs is 2. The van der Waals surface area contributed by atoms with Crippen molar-refractivity contribution >= 4 is 17.7 Å². The van der Waals surface area contributed by atoms with Crippen molar-refractivity contribution in [3.63, 3.8) is 0 Å². The zero-order chi connectivity index (χ0) is 18.5. The van der Waals surface area contributed by atoms with Crippen LogP contribution in [0.2, 0.25) is 0 Å². The summed E-state index contributed by atoms with van der Waals surface area (Å²) in [5.41, 5.74) is 0.509. The number of carbonyl (C=O) groups is 1. The van der Waals surface area contributed by atoms with Crippen LogP contribution in [0.4, 0.5) is 0 Å². The second-order valence-corrected chi connectivity index (χ2v) is 9.30. The van der Waals surface area contributed by atoms with Gasteiger partial charge in [-0.3, -0.25) is 4.79 Å². The van der Waals surface area contributed by atoms with Gasteiger partial charge < -0.3 is 14.3 Å². The largest absolute Gasteiger partial charge is 0.461 e. The molecule has 1 amide bonds. The Morgan fingerprint density at radius 3 is 2.85 bits per heavy atom. The standard InChI is InChI=1S/C19H26N4O2S/c1-18(2)12-7-8-19(18,3)14(10-12)20-15(24)11-26-17-22-21-16(23(17)4)13-6-5-9-25-13/h5-6,9,12,14H,7-8,10-11H2,1-4H3,(H,20,24)/t12-,14+,19+/m0/s1. The fourth-order valence-electron chi connectivity index (χ4n) is 4.85. The molecule has 2 aromatic rings. The van der Waals surface area contributed by atoms with Gasteiger partial charge in [-0.15, -0.1) is 10.2 Å². The summed E-state index contributed by atoms with van der Waals surface area (Å²) in [6.45, 7) is 7.07. The third-order valence-corrected chi connectivity index (χ3v) is 8.06. The molecule has 2 fully saturated rings. The smallest absolute Gasteiger partial charge is 0.230 e. The minimum absolute atomic E-state index is 0.0760. The van der Waals surface area contributed by atoms with Crippen LogP contribution >= 0.6 is 11.8 Å². The Bertz CT molecular complexity index is 814. The topological polar surface area (TPSA) is 73.0 Å². The van der Waals surface area contributed by atoms with E-state index in [1.54, 1.807) is 6.26 Å². The Labute approximate surface area is 158 Å². The highest BCUT2D eigenvalue weighted by Gasteiger charge is 2.61. The number of hydrogen-bond donors (Lipinski definition) is 1. The van der Waals surface area contributed by atoms with Crippen LogP contribution in [0.5, 0.6) is 0 Å². The first-order valence-electron chi connectivity index (χ1n) is 9.18. The van der Waals surface area contributed by atoms with Gasteiger partial charge in [0.05, 0.1) is 12.0 Å². The van der Waals surface area contributed by atoms with Crippen molar-refractivity contribution in [1.29, 1.82) is 0 Å². The predicted octanol–water partition coefficient (Wildman–Crippen LogP) is 3.50. The monoisotopic (exact) mass is 374 g/mol. The van der Waals surface area contributed by atoms with Crippen molar-refractivity contribution in [2.45, 2.75) is 51.2 Å². The van der Waals surface area contributed by atoms with Crippen LogP contribution in [0.15, 0.2) is 28.0 Å². The summed E-state index contributed by atoms with van der Waals surface area (Å²) >= 11 is 1.41. The molecule has 0 saturated heterocycles. The lowest BCUT2D eigenvalue weighted by molar-refractivity contribution is -0.120. The average molecular weight is 375 g/mol. The van der Waals surface area contributed by atoms with Gasteiger partial charge in [0.1, 0.15) is 0 Å². The summed E-state index contributed by atoms with van der Waals surface area (Å²) in [5, 5.41) is 12.4. The molecule has 0 aromatic carbocycles. The molecule has 7 heteroatoms. The van der Waals surface area contributed by atoms with E-state index in [1.807, 2.05) is 23.7 Å². The van der Waals surface area contributed by atoms with Gasteiger partial charge in [0.2, 0.25) is 5.91 Å².